The van der Waals surface area contributed by atoms with Gasteiger partial charge in [-0.3, -0.25) is 9.36 Å². The highest BCUT2D eigenvalue weighted by atomic mass is 32.2. The fraction of sp³-hybridized carbons (Fsp3) is 0.294. The van der Waals surface area contributed by atoms with E-state index in [0.29, 0.717) is 31.1 Å². The van der Waals surface area contributed by atoms with Crippen LogP contribution in [-0.2, 0) is 9.84 Å². The van der Waals surface area contributed by atoms with Gasteiger partial charge in [0, 0.05) is 43.2 Å². The van der Waals surface area contributed by atoms with Gasteiger partial charge in [-0.15, -0.1) is 0 Å². The third kappa shape index (κ3) is 3.88. The zero-order valence-electron chi connectivity index (χ0n) is 14.0. The first-order valence-corrected chi connectivity index (χ1v) is 9.77. The molecule has 0 atom stereocenters. The Balaban J connectivity index is 1.66. The second kappa shape index (κ2) is 6.83. The largest absolute Gasteiger partial charge is 0.493 e. The standard InChI is InChI=1S/C17H18N2O6S/c1-26(23,24)15-4-2-13(3-5-15)19-7-6-14(8-16(19)20)25-11-12-9-18(10-12)17(21)22/h2-8,12H,9-11H2,1H3,(H,21,22). The molecule has 1 saturated heterocycles. The highest BCUT2D eigenvalue weighted by Gasteiger charge is 2.30. The van der Waals surface area contributed by atoms with E-state index in [2.05, 4.69) is 0 Å². The van der Waals surface area contributed by atoms with Gasteiger partial charge in [0.2, 0.25) is 0 Å². The average Bonchev–Trinajstić information content (AvgIpc) is 2.52. The molecule has 0 aliphatic carbocycles. The number of carboxylic acid groups (broad SMARTS) is 1. The third-order valence-electron chi connectivity index (χ3n) is 4.15. The summed E-state index contributed by atoms with van der Waals surface area (Å²) in [4.78, 5) is 24.5. The summed E-state index contributed by atoms with van der Waals surface area (Å²) in [5.41, 5.74) is 0.237. The zero-order chi connectivity index (χ0) is 18.9. The quantitative estimate of drug-likeness (QED) is 0.839. The number of aromatic nitrogens is 1. The van der Waals surface area contributed by atoms with E-state index in [4.69, 9.17) is 9.84 Å². The van der Waals surface area contributed by atoms with E-state index in [1.807, 2.05) is 0 Å². The highest BCUT2D eigenvalue weighted by Crippen LogP contribution is 2.18. The van der Waals surface area contributed by atoms with Crippen LogP contribution >= 0.6 is 0 Å². The maximum absolute atomic E-state index is 12.3. The third-order valence-corrected chi connectivity index (χ3v) is 5.28. The minimum Gasteiger partial charge on any atom is -0.493 e. The number of benzene rings is 1. The molecule has 8 nitrogen and oxygen atoms in total. The number of rotatable bonds is 5. The summed E-state index contributed by atoms with van der Waals surface area (Å²) in [6.07, 6.45) is 1.74. The maximum Gasteiger partial charge on any atom is 0.407 e. The molecule has 0 radical (unpaired) electrons. The van der Waals surface area contributed by atoms with Crippen LogP contribution in [0.2, 0.25) is 0 Å². The molecular weight excluding hydrogens is 360 g/mol. The number of carbonyl (C=O) groups is 1. The van der Waals surface area contributed by atoms with Crippen molar-refractivity contribution in [1.82, 2.24) is 9.47 Å². The Bertz CT molecular complexity index is 975. The van der Waals surface area contributed by atoms with E-state index in [-0.39, 0.29) is 16.4 Å². The van der Waals surface area contributed by atoms with E-state index >= 15 is 0 Å². The van der Waals surface area contributed by atoms with Crippen LogP contribution in [0.15, 0.2) is 52.3 Å². The molecule has 26 heavy (non-hydrogen) atoms. The molecule has 0 saturated carbocycles. The number of sulfone groups is 1. The summed E-state index contributed by atoms with van der Waals surface area (Å²) >= 11 is 0. The van der Waals surface area contributed by atoms with Crippen LogP contribution in [0.3, 0.4) is 0 Å². The minimum absolute atomic E-state index is 0.122. The monoisotopic (exact) mass is 378 g/mol. The van der Waals surface area contributed by atoms with Crippen LogP contribution in [0, 0.1) is 5.92 Å². The summed E-state index contributed by atoms with van der Waals surface area (Å²) in [6, 6.07) is 9.01. The topological polar surface area (TPSA) is 106 Å². The number of likely N-dealkylation sites (tertiary alicyclic amines) is 1. The van der Waals surface area contributed by atoms with Crippen molar-refractivity contribution in [2.24, 2.45) is 5.92 Å². The van der Waals surface area contributed by atoms with Crippen molar-refractivity contribution in [3.63, 3.8) is 0 Å². The van der Waals surface area contributed by atoms with Crippen molar-refractivity contribution in [2.75, 3.05) is 26.0 Å². The second-order valence-corrected chi connectivity index (χ2v) is 8.22. The molecule has 0 spiro atoms. The number of hydrogen-bond acceptors (Lipinski definition) is 5. The first-order valence-electron chi connectivity index (χ1n) is 7.88. The lowest BCUT2D eigenvalue weighted by molar-refractivity contribution is 0.0585. The average molecular weight is 378 g/mol. The smallest absolute Gasteiger partial charge is 0.407 e. The predicted octanol–water partition coefficient (Wildman–Crippen LogP) is 1.23. The summed E-state index contributed by atoms with van der Waals surface area (Å²) < 4.78 is 29.9. The molecule has 138 valence electrons. The van der Waals surface area contributed by atoms with Crippen LogP contribution in [0.1, 0.15) is 0 Å². The summed E-state index contributed by atoms with van der Waals surface area (Å²) in [5.74, 6) is 0.532. The van der Waals surface area contributed by atoms with Gasteiger partial charge in [0.05, 0.1) is 11.5 Å². The molecule has 1 aliphatic rings. The van der Waals surface area contributed by atoms with Crippen LogP contribution in [0.4, 0.5) is 4.79 Å². The Hall–Kier alpha value is -2.81. The number of hydrogen-bond donors (Lipinski definition) is 1. The minimum atomic E-state index is -3.29. The van der Waals surface area contributed by atoms with Gasteiger partial charge in [0.15, 0.2) is 9.84 Å². The summed E-state index contributed by atoms with van der Waals surface area (Å²) in [6.45, 7) is 1.20. The van der Waals surface area contributed by atoms with Crippen LogP contribution in [-0.4, -0.2) is 55.0 Å². The number of ether oxygens (including phenoxy) is 1. The van der Waals surface area contributed by atoms with Gasteiger partial charge in [-0.2, -0.15) is 0 Å². The molecule has 1 fully saturated rings. The van der Waals surface area contributed by atoms with E-state index in [1.54, 1.807) is 24.4 Å². The van der Waals surface area contributed by atoms with Gasteiger partial charge in [-0.1, -0.05) is 0 Å². The molecule has 1 N–H and O–H groups in total. The lowest BCUT2D eigenvalue weighted by atomic mass is 10.0. The van der Waals surface area contributed by atoms with Gasteiger partial charge in [-0.25, -0.2) is 13.2 Å². The predicted molar refractivity (Wildman–Crippen MR) is 93.7 cm³/mol. The lowest BCUT2D eigenvalue weighted by Gasteiger charge is -2.36. The van der Waals surface area contributed by atoms with Crippen molar-refractivity contribution >= 4 is 15.9 Å². The number of pyridine rings is 1. The molecule has 0 bridgehead atoms. The first-order chi connectivity index (χ1) is 12.2. The summed E-state index contributed by atoms with van der Waals surface area (Å²) in [7, 11) is -3.29. The van der Waals surface area contributed by atoms with Crippen LogP contribution < -0.4 is 10.3 Å². The Morgan fingerprint density at radius 2 is 1.88 bits per heavy atom. The van der Waals surface area contributed by atoms with E-state index in [9.17, 15) is 18.0 Å². The number of nitrogens with zero attached hydrogens (tertiary/aromatic N) is 2. The molecule has 2 aromatic rings. The molecule has 1 aliphatic heterocycles. The second-order valence-electron chi connectivity index (χ2n) is 6.20. The highest BCUT2D eigenvalue weighted by molar-refractivity contribution is 7.90. The molecule has 1 aromatic carbocycles. The molecule has 9 heteroatoms. The molecule has 3 rings (SSSR count). The van der Waals surface area contributed by atoms with Crippen molar-refractivity contribution in [3.8, 4) is 11.4 Å². The van der Waals surface area contributed by atoms with E-state index in [1.165, 1.54) is 27.7 Å². The fourth-order valence-corrected chi connectivity index (χ4v) is 3.29. The molecule has 1 aromatic heterocycles. The van der Waals surface area contributed by atoms with Crippen LogP contribution in [0.25, 0.3) is 5.69 Å². The lowest BCUT2D eigenvalue weighted by Crippen LogP contribution is -2.51. The molecular formula is C17H18N2O6S. The van der Waals surface area contributed by atoms with Gasteiger partial charge in [0.1, 0.15) is 5.75 Å². The van der Waals surface area contributed by atoms with Crippen molar-refractivity contribution in [1.29, 1.82) is 0 Å². The molecule has 0 unspecified atom stereocenters. The van der Waals surface area contributed by atoms with Gasteiger partial charge >= 0.3 is 6.09 Å². The Labute approximate surface area is 150 Å². The van der Waals surface area contributed by atoms with Crippen molar-refractivity contribution < 1.29 is 23.1 Å². The normalized spacial score (nSPS) is 14.7. The Kier molecular flexibility index (Phi) is 4.73. The van der Waals surface area contributed by atoms with Crippen molar-refractivity contribution in [2.45, 2.75) is 4.90 Å². The van der Waals surface area contributed by atoms with Crippen LogP contribution in [0.5, 0.6) is 5.75 Å². The van der Waals surface area contributed by atoms with Gasteiger partial charge < -0.3 is 14.7 Å². The van der Waals surface area contributed by atoms with Gasteiger partial charge in [0.25, 0.3) is 5.56 Å². The maximum atomic E-state index is 12.3. The molecule has 1 amide bonds. The Morgan fingerprint density at radius 3 is 2.42 bits per heavy atom. The van der Waals surface area contributed by atoms with E-state index < -0.39 is 15.9 Å². The zero-order valence-corrected chi connectivity index (χ0v) is 14.8. The Morgan fingerprint density at radius 1 is 1.23 bits per heavy atom. The SMILES string of the molecule is CS(=O)(=O)c1ccc(-n2ccc(OCC3CN(C(=O)O)C3)cc2=O)cc1. The van der Waals surface area contributed by atoms with Gasteiger partial charge in [-0.05, 0) is 30.3 Å². The number of amides is 1. The molecule has 2 heterocycles. The van der Waals surface area contributed by atoms with E-state index in [0.717, 1.165) is 6.26 Å². The van der Waals surface area contributed by atoms with Crippen molar-refractivity contribution in [3.05, 3.63) is 52.9 Å². The summed E-state index contributed by atoms with van der Waals surface area (Å²) in [5, 5.41) is 8.78. The fourth-order valence-electron chi connectivity index (χ4n) is 2.66. The first kappa shape index (κ1) is 18.0.